The van der Waals surface area contributed by atoms with Crippen LogP contribution in [0.3, 0.4) is 0 Å². The fourth-order valence-corrected chi connectivity index (χ4v) is 3.40. The number of aryl methyl sites for hydroxylation is 1. The fourth-order valence-electron chi connectivity index (χ4n) is 3.40. The summed E-state index contributed by atoms with van der Waals surface area (Å²) < 4.78 is 2.22. The second-order valence-corrected chi connectivity index (χ2v) is 5.05. The van der Waals surface area contributed by atoms with E-state index in [1.807, 2.05) is 0 Å². The Morgan fingerprint density at radius 3 is 3.07 bits per heavy atom. The first-order valence-corrected chi connectivity index (χ1v) is 5.58. The van der Waals surface area contributed by atoms with Gasteiger partial charge in [0.1, 0.15) is 0 Å². The van der Waals surface area contributed by atoms with E-state index >= 15 is 0 Å². The summed E-state index contributed by atoms with van der Waals surface area (Å²) in [5, 5.41) is 3.53. The van der Waals surface area contributed by atoms with Crippen LogP contribution in [0.5, 0.6) is 0 Å². The third-order valence-electron chi connectivity index (χ3n) is 4.23. The van der Waals surface area contributed by atoms with E-state index in [2.05, 4.69) is 36.2 Å². The van der Waals surface area contributed by atoms with Crippen LogP contribution in [0.4, 0.5) is 0 Å². The topological polar surface area (TPSA) is 17.0 Å². The zero-order valence-corrected chi connectivity index (χ0v) is 9.01. The smallest absolute Gasteiger partial charge is 0.0136 e. The van der Waals surface area contributed by atoms with E-state index in [4.69, 9.17) is 0 Å². The summed E-state index contributed by atoms with van der Waals surface area (Å²) in [4.78, 5) is 0. The highest BCUT2D eigenvalue weighted by Crippen LogP contribution is 2.47. The van der Waals surface area contributed by atoms with Crippen molar-refractivity contribution in [3.05, 3.63) is 23.5 Å². The van der Waals surface area contributed by atoms with Crippen molar-refractivity contribution in [2.45, 2.75) is 25.2 Å². The summed E-state index contributed by atoms with van der Waals surface area (Å²) in [6, 6.07) is 0. The van der Waals surface area contributed by atoms with Crippen LogP contribution < -0.4 is 5.32 Å². The fraction of sp³-hybridized carbons (Fsp3) is 0.667. The van der Waals surface area contributed by atoms with E-state index < -0.39 is 0 Å². The van der Waals surface area contributed by atoms with Crippen LogP contribution in [-0.2, 0) is 18.9 Å². The average Bonchev–Trinajstić information content (AvgIpc) is 2.76. The third-order valence-corrected chi connectivity index (χ3v) is 4.23. The first-order valence-electron chi connectivity index (χ1n) is 5.58. The van der Waals surface area contributed by atoms with Crippen LogP contribution in [0, 0.1) is 5.92 Å². The van der Waals surface area contributed by atoms with Gasteiger partial charge in [-0.3, -0.25) is 0 Å². The minimum atomic E-state index is 0.469. The molecule has 1 N–H and O–H groups in total. The highest BCUT2D eigenvalue weighted by Gasteiger charge is 2.46. The van der Waals surface area contributed by atoms with E-state index in [0.29, 0.717) is 5.41 Å². The van der Waals surface area contributed by atoms with Crippen LogP contribution in [-0.4, -0.2) is 17.7 Å². The molecule has 1 aromatic heterocycles. The van der Waals surface area contributed by atoms with Crippen LogP contribution in [0.2, 0.25) is 0 Å². The molecule has 2 aliphatic rings. The lowest BCUT2D eigenvalue weighted by molar-refractivity contribution is 0.342. The van der Waals surface area contributed by atoms with Gasteiger partial charge in [0.15, 0.2) is 0 Å². The van der Waals surface area contributed by atoms with Gasteiger partial charge in [0, 0.05) is 31.4 Å². The van der Waals surface area contributed by atoms with Gasteiger partial charge in [0.25, 0.3) is 0 Å². The van der Waals surface area contributed by atoms with E-state index in [9.17, 15) is 0 Å². The van der Waals surface area contributed by atoms with Gasteiger partial charge in [-0.2, -0.15) is 0 Å². The van der Waals surface area contributed by atoms with Gasteiger partial charge in [0.05, 0.1) is 0 Å². The molecule has 1 saturated heterocycles. The zero-order chi connectivity index (χ0) is 9.76. The predicted octanol–water partition coefficient (Wildman–Crippen LogP) is 1.45. The molecule has 2 nitrogen and oxygen atoms in total. The third kappa shape index (κ3) is 0.897. The van der Waals surface area contributed by atoms with Crippen molar-refractivity contribution in [3.8, 4) is 0 Å². The number of hydrogen-bond donors (Lipinski definition) is 1. The first kappa shape index (κ1) is 8.54. The van der Waals surface area contributed by atoms with Crippen LogP contribution in [0.15, 0.2) is 12.4 Å². The molecular formula is C12H18N2. The van der Waals surface area contributed by atoms with E-state index in [-0.39, 0.29) is 0 Å². The monoisotopic (exact) mass is 190 g/mol. The molecular weight excluding hydrogens is 172 g/mol. The van der Waals surface area contributed by atoms with Crippen LogP contribution in [0.1, 0.15) is 24.5 Å². The van der Waals surface area contributed by atoms with Crippen molar-refractivity contribution < 1.29 is 0 Å². The van der Waals surface area contributed by atoms with Gasteiger partial charge in [0.2, 0.25) is 0 Å². The number of hydrogen-bond acceptors (Lipinski definition) is 1. The lowest BCUT2D eigenvalue weighted by atomic mass is 9.75. The van der Waals surface area contributed by atoms with Gasteiger partial charge in [-0.05, 0) is 36.4 Å². The molecule has 0 radical (unpaired) electrons. The molecule has 14 heavy (non-hydrogen) atoms. The predicted molar refractivity (Wildman–Crippen MR) is 57.4 cm³/mol. The minimum absolute atomic E-state index is 0.469. The number of fused-ring (bicyclic) bond motifs is 2. The van der Waals surface area contributed by atoms with E-state index in [0.717, 1.165) is 5.92 Å². The molecule has 2 heteroatoms. The summed E-state index contributed by atoms with van der Waals surface area (Å²) in [6.07, 6.45) is 7.24. The molecule has 0 amide bonds. The molecule has 1 aliphatic heterocycles. The molecule has 1 fully saturated rings. The van der Waals surface area contributed by atoms with Gasteiger partial charge in [-0.15, -0.1) is 0 Å². The molecule has 1 aromatic rings. The number of nitrogens with zero attached hydrogens (tertiary/aromatic N) is 1. The molecule has 2 unspecified atom stereocenters. The van der Waals surface area contributed by atoms with Crippen LogP contribution >= 0.6 is 0 Å². The standard InChI is InChI=1S/C12H18N2/c1-9-5-10-6-14(2)7-11(10)12(9)3-4-13-8-12/h6-7,9,13H,3-5,8H2,1-2H3. The molecule has 76 valence electrons. The Morgan fingerprint density at radius 1 is 1.50 bits per heavy atom. The Kier molecular flexibility index (Phi) is 1.61. The summed E-state index contributed by atoms with van der Waals surface area (Å²) in [5.74, 6) is 0.823. The molecule has 3 rings (SSSR count). The van der Waals surface area contributed by atoms with Crippen molar-refractivity contribution in [1.29, 1.82) is 0 Å². The van der Waals surface area contributed by atoms with Gasteiger partial charge < -0.3 is 9.88 Å². The van der Waals surface area contributed by atoms with Crippen molar-refractivity contribution in [2.24, 2.45) is 13.0 Å². The highest BCUT2D eigenvalue weighted by molar-refractivity contribution is 5.40. The Morgan fingerprint density at radius 2 is 2.36 bits per heavy atom. The lowest BCUT2D eigenvalue weighted by Gasteiger charge is -2.28. The Balaban J connectivity index is 2.12. The van der Waals surface area contributed by atoms with Crippen molar-refractivity contribution in [3.63, 3.8) is 0 Å². The highest BCUT2D eigenvalue weighted by atomic mass is 15.0. The lowest BCUT2D eigenvalue weighted by Crippen LogP contribution is -2.32. The maximum Gasteiger partial charge on any atom is 0.0136 e. The van der Waals surface area contributed by atoms with Gasteiger partial charge in [-0.25, -0.2) is 0 Å². The maximum atomic E-state index is 3.53. The van der Waals surface area contributed by atoms with E-state index in [1.165, 1.54) is 25.9 Å². The van der Waals surface area contributed by atoms with Crippen molar-refractivity contribution >= 4 is 0 Å². The normalized spacial score (nSPS) is 35.4. The summed E-state index contributed by atoms with van der Waals surface area (Å²) in [6.45, 7) is 4.79. The van der Waals surface area contributed by atoms with Crippen LogP contribution in [0.25, 0.3) is 0 Å². The zero-order valence-electron chi connectivity index (χ0n) is 9.01. The molecule has 0 aromatic carbocycles. The van der Waals surface area contributed by atoms with Crippen molar-refractivity contribution in [1.82, 2.24) is 9.88 Å². The molecule has 2 heterocycles. The summed E-state index contributed by atoms with van der Waals surface area (Å²) >= 11 is 0. The second kappa shape index (κ2) is 2.63. The van der Waals surface area contributed by atoms with Crippen molar-refractivity contribution in [2.75, 3.05) is 13.1 Å². The van der Waals surface area contributed by atoms with E-state index in [1.54, 1.807) is 11.1 Å². The molecule has 1 aliphatic carbocycles. The molecule has 2 atom stereocenters. The van der Waals surface area contributed by atoms with Gasteiger partial charge >= 0.3 is 0 Å². The maximum absolute atomic E-state index is 3.53. The second-order valence-electron chi connectivity index (χ2n) is 5.05. The minimum Gasteiger partial charge on any atom is -0.357 e. The average molecular weight is 190 g/mol. The Labute approximate surface area is 85.3 Å². The summed E-state index contributed by atoms with van der Waals surface area (Å²) in [7, 11) is 2.14. The number of rotatable bonds is 0. The largest absolute Gasteiger partial charge is 0.357 e. The number of nitrogens with one attached hydrogen (secondary N) is 1. The van der Waals surface area contributed by atoms with Gasteiger partial charge in [-0.1, -0.05) is 6.92 Å². The Bertz CT molecular complexity index is 358. The quantitative estimate of drug-likeness (QED) is 0.655. The molecule has 0 bridgehead atoms. The number of aromatic nitrogens is 1. The Hall–Kier alpha value is -0.760. The first-order chi connectivity index (χ1) is 6.72. The molecule has 1 spiro atoms. The molecule has 0 saturated carbocycles. The summed E-state index contributed by atoms with van der Waals surface area (Å²) in [5.41, 5.74) is 3.68. The SMILES string of the molecule is CC1Cc2cn(C)cc2C12CCNC2.